The Labute approximate surface area is 119 Å². The zero-order chi connectivity index (χ0) is 14.4. The van der Waals surface area contributed by atoms with Gasteiger partial charge in [0.15, 0.2) is 0 Å². The van der Waals surface area contributed by atoms with Crippen LogP contribution in [0.15, 0.2) is 45.7 Å². The first-order valence-corrected chi connectivity index (χ1v) is 6.89. The summed E-state index contributed by atoms with van der Waals surface area (Å²) in [7, 11) is 0. The van der Waals surface area contributed by atoms with E-state index in [4.69, 9.17) is 0 Å². The van der Waals surface area contributed by atoms with E-state index in [-0.39, 0.29) is 0 Å². The number of rotatable bonds is 1. The van der Waals surface area contributed by atoms with Crippen LogP contribution < -0.4 is 4.90 Å². The molecule has 0 bridgehead atoms. The number of fused-ring (bicyclic) bond motifs is 1. The van der Waals surface area contributed by atoms with Gasteiger partial charge in [0.25, 0.3) is 0 Å². The second kappa shape index (κ2) is 4.47. The average molecular weight is 269 g/mol. The van der Waals surface area contributed by atoms with Gasteiger partial charge in [-0.3, -0.25) is 0 Å². The molecule has 0 saturated carbocycles. The van der Waals surface area contributed by atoms with E-state index in [1.54, 1.807) is 12.1 Å². The van der Waals surface area contributed by atoms with E-state index < -0.39 is 0 Å². The Kier molecular flexibility index (Phi) is 2.89. The summed E-state index contributed by atoms with van der Waals surface area (Å²) in [5.74, 6) is 0.597. The largest absolute Gasteiger partial charge is 0.508 e. The molecule has 2 aliphatic rings. The number of hydrogen-bond donors (Lipinski definition) is 1. The van der Waals surface area contributed by atoms with E-state index >= 15 is 0 Å². The summed E-state index contributed by atoms with van der Waals surface area (Å²) in [6.45, 7) is 8.42. The van der Waals surface area contributed by atoms with Crippen molar-refractivity contribution in [1.82, 2.24) is 0 Å². The van der Waals surface area contributed by atoms with E-state index in [0.29, 0.717) is 17.7 Å². The molecule has 0 saturated heterocycles. The monoisotopic (exact) mass is 269 g/mol. The highest BCUT2D eigenvalue weighted by atomic mass is 16.3. The molecule has 0 spiro atoms. The minimum Gasteiger partial charge on any atom is -0.508 e. The Hall–Kier alpha value is -2.10. The molecule has 0 aromatic heterocycles. The molecule has 4 heteroatoms. The summed E-state index contributed by atoms with van der Waals surface area (Å²) >= 11 is 0. The fourth-order valence-electron chi connectivity index (χ4n) is 3.41. The molecule has 2 heterocycles. The van der Waals surface area contributed by atoms with Gasteiger partial charge in [0.2, 0.25) is 0 Å². The molecule has 2 aliphatic heterocycles. The zero-order valence-electron chi connectivity index (χ0n) is 12.3. The summed E-state index contributed by atoms with van der Waals surface area (Å²) in [4.78, 5) is 2.31. The molecule has 2 unspecified atom stereocenters. The Balaban J connectivity index is 2.09. The molecular weight excluding hydrogens is 250 g/mol. The van der Waals surface area contributed by atoms with Crippen LogP contribution in [0, 0.1) is 5.92 Å². The fourth-order valence-corrected chi connectivity index (χ4v) is 3.41. The fraction of sp³-hybridized carbons (Fsp3) is 0.375. The number of phenolic OH excluding ortho intramolecular Hbond substituents is 1. The highest BCUT2D eigenvalue weighted by Gasteiger charge is 2.40. The normalized spacial score (nSPS) is 25.5. The maximum absolute atomic E-state index is 9.45. The third-order valence-electron chi connectivity index (χ3n) is 4.28. The first-order valence-electron chi connectivity index (χ1n) is 6.89. The standard InChI is InChI=1S/C16H19N3O/c1-9-15-11(3)19(13-5-7-14(20)8-6-13)12(4)16(15)10(2)18-17-9/h5-8,11,15,20H,1-4H3. The van der Waals surface area contributed by atoms with Crippen molar-refractivity contribution in [1.29, 1.82) is 0 Å². The molecule has 0 radical (unpaired) electrons. The van der Waals surface area contributed by atoms with Crippen molar-refractivity contribution in [3.8, 4) is 5.75 Å². The smallest absolute Gasteiger partial charge is 0.115 e. The number of benzene rings is 1. The van der Waals surface area contributed by atoms with Gasteiger partial charge >= 0.3 is 0 Å². The Morgan fingerprint density at radius 3 is 2.30 bits per heavy atom. The number of phenols is 1. The molecule has 3 rings (SSSR count). The zero-order valence-corrected chi connectivity index (χ0v) is 12.3. The summed E-state index contributed by atoms with van der Waals surface area (Å²) in [6, 6.07) is 7.66. The lowest BCUT2D eigenvalue weighted by Gasteiger charge is -2.29. The summed E-state index contributed by atoms with van der Waals surface area (Å²) in [6.07, 6.45) is 0. The third kappa shape index (κ3) is 1.75. The second-order valence-electron chi connectivity index (χ2n) is 5.53. The van der Waals surface area contributed by atoms with Gasteiger partial charge in [-0.2, -0.15) is 10.2 Å². The van der Waals surface area contributed by atoms with Gasteiger partial charge in [0, 0.05) is 34.6 Å². The average Bonchev–Trinajstić information content (AvgIpc) is 2.69. The van der Waals surface area contributed by atoms with Crippen LogP contribution in [0.5, 0.6) is 5.75 Å². The Morgan fingerprint density at radius 1 is 1.05 bits per heavy atom. The Morgan fingerprint density at radius 2 is 1.70 bits per heavy atom. The van der Waals surface area contributed by atoms with Crippen molar-refractivity contribution >= 4 is 17.1 Å². The van der Waals surface area contributed by atoms with Crippen LogP contribution >= 0.6 is 0 Å². The minimum atomic E-state index is 0.291. The van der Waals surface area contributed by atoms with E-state index in [1.165, 1.54) is 11.3 Å². The molecular formula is C16H19N3O. The van der Waals surface area contributed by atoms with Crippen LogP contribution in [0.4, 0.5) is 5.69 Å². The van der Waals surface area contributed by atoms with Crippen molar-refractivity contribution in [3.63, 3.8) is 0 Å². The molecule has 2 atom stereocenters. The van der Waals surface area contributed by atoms with Gasteiger partial charge in [0.05, 0.1) is 5.71 Å². The number of anilines is 1. The summed E-state index contributed by atoms with van der Waals surface area (Å²) in [5, 5.41) is 18.0. The molecule has 20 heavy (non-hydrogen) atoms. The molecule has 1 aromatic rings. The van der Waals surface area contributed by atoms with E-state index in [2.05, 4.69) is 29.0 Å². The summed E-state index contributed by atoms with van der Waals surface area (Å²) < 4.78 is 0. The quantitative estimate of drug-likeness (QED) is 0.850. The van der Waals surface area contributed by atoms with Crippen LogP contribution in [0.1, 0.15) is 27.7 Å². The van der Waals surface area contributed by atoms with Crippen LogP contribution in [0.25, 0.3) is 0 Å². The van der Waals surface area contributed by atoms with Gasteiger partial charge in [-0.15, -0.1) is 0 Å². The topological polar surface area (TPSA) is 48.2 Å². The molecule has 4 nitrogen and oxygen atoms in total. The molecule has 0 amide bonds. The molecule has 0 fully saturated rings. The minimum absolute atomic E-state index is 0.291. The molecule has 1 N–H and O–H groups in total. The lowest BCUT2D eigenvalue weighted by molar-refractivity contribution is 0.475. The maximum atomic E-state index is 9.45. The molecule has 1 aromatic carbocycles. The van der Waals surface area contributed by atoms with Gasteiger partial charge < -0.3 is 10.0 Å². The van der Waals surface area contributed by atoms with Crippen molar-refractivity contribution in [3.05, 3.63) is 35.5 Å². The van der Waals surface area contributed by atoms with Crippen molar-refractivity contribution in [2.45, 2.75) is 33.7 Å². The maximum Gasteiger partial charge on any atom is 0.115 e. The van der Waals surface area contributed by atoms with E-state index in [9.17, 15) is 5.11 Å². The van der Waals surface area contributed by atoms with E-state index in [1.807, 2.05) is 26.0 Å². The van der Waals surface area contributed by atoms with Gasteiger partial charge in [-0.1, -0.05) is 0 Å². The van der Waals surface area contributed by atoms with Gasteiger partial charge in [0.1, 0.15) is 5.75 Å². The lowest BCUT2D eigenvalue weighted by atomic mass is 9.87. The summed E-state index contributed by atoms with van der Waals surface area (Å²) in [5.41, 5.74) is 5.68. The van der Waals surface area contributed by atoms with Crippen LogP contribution in [0.2, 0.25) is 0 Å². The first-order chi connectivity index (χ1) is 9.50. The van der Waals surface area contributed by atoms with Crippen LogP contribution in [-0.2, 0) is 0 Å². The van der Waals surface area contributed by atoms with Gasteiger partial charge in [-0.25, -0.2) is 0 Å². The van der Waals surface area contributed by atoms with E-state index in [0.717, 1.165) is 17.1 Å². The SMILES string of the molecule is CC1=NN=C(C)C2C1=C(C)N(c1ccc(O)cc1)C2C. The number of allylic oxidation sites excluding steroid dienone is 1. The van der Waals surface area contributed by atoms with Crippen molar-refractivity contribution in [2.24, 2.45) is 16.1 Å². The van der Waals surface area contributed by atoms with Gasteiger partial charge in [-0.05, 0) is 52.0 Å². The van der Waals surface area contributed by atoms with Crippen LogP contribution in [-0.4, -0.2) is 22.6 Å². The number of aromatic hydroxyl groups is 1. The number of hydrogen-bond acceptors (Lipinski definition) is 4. The lowest BCUT2D eigenvalue weighted by Crippen LogP contribution is -2.35. The third-order valence-corrected chi connectivity index (χ3v) is 4.28. The van der Waals surface area contributed by atoms with Crippen molar-refractivity contribution in [2.75, 3.05) is 4.90 Å². The molecule has 104 valence electrons. The van der Waals surface area contributed by atoms with Crippen LogP contribution in [0.3, 0.4) is 0 Å². The predicted molar refractivity (Wildman–Crippen MR) is 82.5 cm³/mol. The molecule has 0 aliphatic carbocycles. The first kappa shape index (κ1) is 12.9. The Bertz CT molecular complexity index is 640. The highest BCUT2D eigenvalue weighted by molar-refractivity contribution is 6.09. The highest BCUT2D eigenvalue weighted by Crippen LogP contribution is 2.40. The van der Waals surface area contributed by atoms with Crippen molar-refractivity contribution < 1.29 is 5.11 Å². The number of nitrogens with zero attached hydrogens (tertiary/aromatic N) is 3. The second-order valence-corrected chi connectivity index (χ2v) is 5.53. The predicted octanol–water partition coefficient (Wildman–Crippen LogP) is 3.34.